The minimum atomic E-state index is -0.994. The van der Waals surface area contributed by atoms with E-state index in [0.717, 1.165) is 17.0 Å². The minimum absolute atomic E-state index is 0. The number of hydrogen-bond acceptors (Lipinski definition) is 5. The van der Waals surface area contributed by atoms with Crippen LogP contribution in [0.1, 0.15) is 49.0 Å². The van der Waals surface area contributed by atoms with Crippen LogP contribution in [0.2, 0.25) is 0 Å². The number of carboxylic acids is 1. The Morgan fingerprint density at radius 3 is 2.64 bits per heavy atom. The second kappa shape index (κ2) is 7.03. The van der Waals surface area contributed by atoms with Gasteiger partial charge in [0, 0.05) is 24.4 Å². The Morgan fingerprint density at radius 1 is 1.45 bits per heavy atom. The zero-order valence-electron chi connectivity index (χ0n) is 14.7. The number of amides is 1. The Balaban J connectivity index is 0.00000242. The first-order chi connectivity index (χ1) is 9.67. The Hall–Kier alpha value is -1.03. The predicted molar refractivity (Wildman–Crippen MR) is 80.0 cm³/mol. The molecule has 22 heavy (non-hydrogen) atoms. The summed E-state index contributed by atoms with van der Waals surface area (Å²) in [6.07, 6.45) is 1.75. The summed E-state index contributed by atoms with van der Waals surface area (Å²) in [4.78, 5) is 29.7. The van der Waals surface area contributed by atoms with Crippen molar-refractivity contribution in [1.29, 1.82) is 0 Å². The number of fused-ring (bicyclic) bond motifs is 1. The quantitative estimate of drug-likeness (QED) is 0.756. The second-order valence-corrected chi connectivity index (χ2v) is 7.27. The topological polar surface area (TPSA) is 79.7 Å². The van der Waals surface area contributed by atoms with Gasteiger partial charge in [0.15, 0.2) is 0 Å². The van der Waals surface area contributed by atoms with E-state index < -0.39 is 11.6 Å². The van der Waals surface area contributed by atoms with Gasteiger partial charge in [-0.05, 0) is 33.6 Å². The van der Waals surface area contributed by atoms with E-state index in [1.54, 1.807) is 11.9 Å². The van der Waals surface area contributed by atoms with E-state index in [1.165, 1.54) is 11.3 Å². The number of rotatable bonds is 2. The van der Waals surface area contributed by atoms with Gasteiger partial charge in [0.05, 0.1) is 5.69 Å². The van der Waals surface area contributed by atoms with E-state index in [1.807, 2.05) is 20.8 Å². The van der Waals surface area contributed by atoms with Crippen molar-refractivity contribution in [2.45, 2.75) is 51.7 Å². The number of ether oxygens (including phenoxy) is 1. The molecular weight excluding hydrogens is 299 g/mol. The average Bonchev–Trinajstić information content (AvgIpc) is 2.78. The van der Waals surface area contributed by atoms with Crippen molar-refractivity contribution >= 4 is 23.4 Å². The van der Waals surface area contributed by atoms with Crippen LogP contribution in [-0.2, 0) is 17.6 Å². The fraction of sp³-hybridized carbons (Fsp3) is 0.643. The fourth-order valence-electron chi connectivity index (χ4n) is 2.26. The summed E-state index contributed by atoms with van der Waals surface area (Å²) in [5.74, 6) is -0.994. The van der Waals surface area contributed by atoms with Gasteiger partial charge >= 0.3 is 30.9 Å². The van der Waals surface area contributed by atoms with Crippen molar-refractivity contribution in [3.8, 4) is 0 Å². The van der Waals surface area contributed by atoms with Crippen LogP contribution < -0.4 is 18.9 Å². The number of aromatic carboxylic acids is 1. The number of hydrogen-bond donors (Lipinski definition) is 1. The number of thiazole rings is 1. The van der Waals surface area contributed by atoms with E-state index in [-0.39, 0.29) is 37.4 Å². The van der Waals surface area contributed by atoms with Crippen LogP contribution >= 0.6 is 11.3 Å². The molecule has 1 unspecified atom stereocenters. The number of carbonyl (C=O) groups is 2. The average molecular weight is 320 g/mol. The van der Waals surface area contributed by atoms with Crippen LogP contribution in [0.5, 0.6) is 0 Å². The number of aryl methyl sites for hydroxylation is 1. The van der Waals surface area contributed by atoms with Crippen molar-refractivity contribution in [3.05, 3.63) is 15.6 Å². The van der Waals surface area contributed by atoms with Crippen molar-refractivity contribution in [2.75, 3.05) is 7.05 Å². The molecule has 0 saturated carbocycles. The van der Waals surface area contributed by atoms with Crippen LogP contribution in [0.4, 0.5) is 4.79 Å². The van der Waals surface area contributed by atoms with Gasteiger partial charge in [-0.3, -0.25) is 0 Å². The summed E-state index contributed by atoms with van der Waals surface area (Å²) in [5, 5.41) is 9.11. The molecule has 1 aliphatic rings. The summed E-state index contributed by atoms with van der Waals surface area (Å²) in [6, 6.07) is 0.0226. The molecule has 0 fully saturated rings. The first-order valence-corrected chi connectivity index (χ1v) is 7.66. The molecule has 0 spiro atoms. The summed E-state index contributed by atoms with van der Waals surface area (Å²) in [7, 11) is 1.73. The maximum atomic E-state index is 12.1. The maximum absolute atomic E-state index is 12.1. The minimum Gasteiger partial charge on any atom is -1.00 e. The van der Waals surface area contributed by atoms with Crippen LogP contribution in [0, 0.1) is 0 Å². The van der Waals surface area contributed by atoms with Gasteiger partial charge in [-0.2, -0.15) is 0 Å². The number of likely N-dealkylation sites (N-methyl/N-ethyl adjacent to an activating group) is 1. The molecule has 1 amide bonds. The molecule has 1 aromatic rings. The Kier molecular flexibility index (Phi) is 6.08. The third kappa shape index (κ3) is 4.48. The van der Waals surface area contributed by atoms with Gasteiger partial charge in [-0.15, -0.1) is 11.3 Å². The van der Waals surface area contributed by atoms with Gasteiger partial charge in [-0.1, -0.05) is 0 Å². The molecule has 0 saturated heterocycles. The molecule has 118 valence electrons. The standard InChI is InChI=1S/C14H20N2O4S.Li.H/c1-14(2,3)20-13(19)16(4)8-5-6-9-10(7-8)21-11(15-9)12(17)18;;/h8H,5-7H2,1-4H3,(H,17,18);;/q;+1;-1. The Morgan fingerprint density at radius 2 is 2.09 bits per heavy atom. The molecular formula is C14H21LiN2O4S. The molecule has 6 nitrogen and oxygen atoms in total. The zero-order valence-corrected chi connectivity index (χ0v) is 14.5. The van der Waals surface area contributed by atoms with Crippen LogP contribution in [0.25, 0.3) is 0 Å². The van der Waals surface area contributed by atoms with E-state index in [2.05, 4.69) is 4.98 Å². The maximum Gasteiger partial charge on any atom is 1.00 e. The Bertz CT molecular complexity index is 574. The third-order valence-electron chi connectivity index (χ3n) is 3.33. The number of carbonyl (C=O) groups excluding carboxylic acids is 1. The van der Waals surface area contributed by atoms with Crippen molar-refractivity contribution in [1.82, 2.24) is 9.88 Å². The van der Waals surface area contributed by atoms with Gasteiger partial charge in [0.2, 0.25) is 5.01 Å². The van der Waals surface area contributed by atoms with Crippen LogP contribution in [0.3, 0.4) is 0 Å². The molecule has 8 heteroatoms. The number of aromatic nitrogens is 1. The largest absolute Gasteiger partial charge is 1.00 e. The van der Waals surface area contributed by atoms with Gasteiger partial charge < -0.3 is 16.2 Å². The fourth-order valence-corrected chi connectivity index (χ4v) is 3.28. The molecule has 1 atom stereocenters. The number of carboxylic acid groups (broad SMARTS) is 1. The second-order valence-electron chi connectivity index (χ2n) is 6.18. The van der Waals surface area contributed by atoms with E-state index >= 15 is 0 Å². The smallest absolute Gasteiger partial charge is 1.00 e. The van der Waals surface area contributed by atoms with Crippen LogP contribution in [-0.4, -0.2) is 45.7 Å². The molecule has 0 aliphatic heterocycles. The normalized spacial score (nSPS) is 17.2. The molecule has 1 aliphatic carbocycles. The summed E-state index contributed by atoms with van der Waals surface area (Å²) < 4.78 is 5.36. The molecule has 2 rings (SSSR count). The molecule has 1 aromatic heterocycles. The van der Waals surface area contributed by atoms with E-state index in [9.17, 15) is 9.59 Å². The number of nitrogens with zero attached hydrogens (tertiary/aromatic N) is 2. The van der Waals surface area contributed by atoms with Crippen molar-refractivity contribution in [2.24, 2.45) is 0 Å². The van der Waals surface area contributed by atoms with E-state index in [0.29, 0.717) is 12.8 Å². The SMILES string of the molecule is CN(C(=O)OC(C)(C)C)C1CCc2nc(C(=O)O)sc2C1.[H-].[Li+]. The zero-order chi connectivity index (χ0) is 15.8. The van der Waals surface area contributed by atoms with Gasteiger partial charge in [0.25, 0.3) is 0 Å². The molecule has 0 radical (unpaired) electrons. The summed E-state index contributed by atoms with van der Waals surface area (Å²) in [6.45, 7) is 5.50. The third-order valence-corrected chi connectivity index (χ3v) is 4.43. The summed E-state index contributed by atoms with van der Waals surface area (Å²) in [5.41, 5.74) is 0.331. The van der Waals surface area contributed by atoms with Gasteiger partial charge in [0.1, 0.15) is 5.60 Å². The molecule has 1 N–H and O–H groups in total. The predicted octanol–water partition coefficient (Wildman–Crippen LogP) is -0.318. The van der Waals surface area contributed by atoms with Crippen LogP contribution in [0.15, 0.2) is 0 Å². The van der Waals surface area contributed by atoms with E-state index in [4.69, 9.17) is 9.84 Å². The first-order valence-electron chi connectivity index (χ1n) is 6.85. The van der Waals surface area contributed by atoms with Crippen molar-refractivity contribution < 1.29 is 39.7 Å². The van der Waals surface area contributed by atoms with Gasteiger partial charge in [-0.25, -0.2) is 14.6 Å². The monoisotopic (exact) mass is 320 g/mol. The first kappa shape index (κ1) is 19.0. The van der Waals surface area contributed by atoms with Crippen molar-refractivity contribution in [3.63, 3.8) is 0 Å². The Labute approximate surface area is 147 Å². The molecule has 0 aromatic carbocycles. The molecule has 0 bridgehead atoms. The molecule has 1 heterocycles. The summed E-state index contributed by atoms with van der Waals surface area (Å²) >= 11 is 1.20.